The van der Waals surface area contributed by atoms with Crippen LogP contribution in [0, 0.1) is 24.4 Å². The fourth-order valence-corrected chi connectivity index (χ4v) is 3.11. The van der Waals surface area contributed by atoms with Gasteiger partial charge in [-0.1, -0.05) is 6.07 Å². The molecule has 4 aromatic rings. The Balaban J connectivity index is 2.00. The third kappa shape index (κ3) is 2.87. The van der Waals surface area contributed by atoms with Gasteiger partial charge in [-0.05, 0) is 42.8 Å². The molecule has 0 spiro atoms. The van der Waals surface area contributed by atoms with Crippen LogP contribution in [-0.2, 0) is 13.5 Å². The Bertz CT molecular complexity index is 1260. The highest BCUT2D eigenvalue weighted by molar-refractivity contribution is 5.70. The summed E-state index contributed by atoms with van der Waals surface area (Å²) < 4.78 is 45.0. The number of benzene rings is 2. The molecule has 0 saturated carbocycles. The zero-order chi connectivity index (χ0) is 20.0. The first-order chi connectivity index (χ1) is 13.4. The lowest BCUT2D eigenvalue weighted by Crippen LogP contribution is -2.25. The summed E-state index contributed by atoms with van der Waals surface area (Å²) >= 11 is 0. The Hall–Kier alpha value is -3.42. The fraction of sp³-hybridized carbons (Fsp3) is 0.150. The Labute approximate surface area is 157 Å². The van der Waals surface area contributed by atoms with Gasteiger partial charge in [0.25, 0.3) is 5.56 Å². The van der Waals surface area contributed by atoms with Gasteiger partial charge in [0.05, 0.1) is 12.0 Å². The minimum atomic E-state index is -0.729. The van der Waals surface area contributed by atoms with E-state index in [4.69, 9.17) is 0 Å². The Morgan fingerprint density at radius 2 is 1.75 bits per heavy atom. The molecule has 2 aromatic carbocycles. The van der Waals surface area contributed by atoms with Crippen molar-refractivity contribution in [3.05, 3.63) is 87.5 Å². The third-order valence-corrected chi connectivity index (χ3v) is 4.60. The van der Waals surface area contributed by atoms with Crippen molar-refractivity contribution >= 4 is 11.2 Å². The summed E-state index contributed by atoms with van der Waals surface area (Å²) in [6.07, 6.45) is 1.18. The number of hydrogen-bond donors (Lipinski definition) is 0. The molecule has 4 rings (SSSR count). The van der Waals surface area contributed by atoms with Crippen molar-refractivity contribution in [2.75, 3.05) is 0 Å². The van der Waals surface area contributed by atoms with Crippen LogP contribution in [0.5, 0.6) is 0 Å². The molecule has 142 valence electrons. The number of aryl methyl sites for hydroxylation is 2. The van der Waals surface area contributed by atoms with Gasteiger partial charge in [-0.25, -0.2) is 23.1 Å². The van der Waals surface area contributed by atoms with Crippen LogP contribution in [0.15, 0.2) is 47.5 Å². The maximum absolute atomic E-state index is 14.5. The summed E-state index contributed by atoms with van der Waals surface area (Å²) in [5, 5.41) is 0. The Morgan fingerprint density at radius 1 is 1.04 bits per heavy atom. The second kappa shape index (κ2) is 6.63. The molecule has 0 atom stereocenters. The quantitative estimate of drug-likeness (QED) is 0.544. The average molecular weight is 384 g/mol. The van der Waals surface area contributed by atoms with Crippen LogP contribution >= 0.6 is 0 Å². The minimum Gasteiger partial charge on any atom is -0.318 e. The van der Waals surface area contributed by atoms with Crippen molar-refractivity contribution in [1.82, 2.24) is 19.1 Å². The van der Waals surface area contributed by atoms with Gasteiger partial charge < -0.3 is 4.57 Å². The third-order valence-electron chi connectivity index (χ3n) is 4.60. The van der Waals surface area contributed by atoms with E-state index in [1.165, 1.54) is 54.2 Å². The molecule has 0 unspecified atom stereocenters. The van der Waals surface area contributed by atoms with E-state index in [1.54, 1.807) is 11.6 Å². The van der Waals surface area contributed by atoms with E-state index in [0.717, 1.165) is 0 Å². The van der Waals surface area contributed by atoms with E-state index in [2.05, 4.69) is 9.97 Å². The molecule has 8 heteroatoms. The number of nitrogens with zero attached hydrogens (tertiary/aromatic N) is 4. The molecular formula is C20H15F3N4O. The summed E-state index contributed by atoms with van der Waals surface area (Å²) in [5.74, 6) is -1.77. The average Bonchev–Trinajstić information content (AvgIpc) is 3.04. The Morgan fingerprint density at radius 3 is 2.46 bits per heavy atom. The minimum absolute atomic E-state index is 0.112. The molecule has 0 radical (unpaired) electrons. The number of imidazole rings is 1. The van der Waals surface area contributed by atoms with Crippen LogP contribution in [0.25, 0.3) is 16.9 Å². The van der Waals surface area contributed by atoms with E-state index in [9.17, 15) is 18.0 Å². The van der Waals surface area contributed by atoms with Gasteiger partial charge in [0, 0.05) is 19.0 Å². The summed E-state index contributed by atoms with van der Waals surface area (Å²) in [5.41, 5.74) is 0.334. The highest BCUT2D eigenvalue weighted by Gasteiger charge is 2.20. The lowest BCUT2D eigenvalue weighted by molar-refractivity contribution is 0.552. The predicted molar refractivity (Wildman–Crippen MR) is 98.0 cm³/mol. The molecule has 0 aliphatic carbocycles. The van der Waals surface area contributed by atoms with Crippen LogP contribution in [0.1, 0.15) is 17.0 Å². The number of hydrogen-bond acceptors (Lipinski definition) is 3. The molecule has 0 saturated heterocycles. The first-order valence-electron chi connectivity index (χ1n) is 8.49. The zero-order valence-electron chi connectivity index (χ0n) is 15.1. The molecular weight excluding hydrogens is 369 g/mol. The van der Waals surface area contributed by atoms with E-state index < -0.39 is 23.0 Å². The molecule has 5 nitrogen and oxygen atoms in total. The maximum Gasteiger partial charge on any atom is 0.286 e. The van der Waals surface area contributed by atoms with Crippen LogP contribution in [0.3, 0.4) is 0 Å². The summed E-state index contributed by atoms with van der Waals surface area (Å²) in [6, 6.07) is 7.72. The molecule has 2 aromatic heterocycles. The number of rotatable bonds is 3. The molecule has 0 fully saturated rings. The van der Waals surface area contributed by atoms with Gasteiger partial charge in [0.1, 0.15) is 23.3 Å². The molecule has 28 heavy (non-hydrogen) atoms. The monoisotopic (exact) mass is 384 g/mol. The highest BCUT2D eigenvalue weighted by Crippen LogP contribution is 2.21. The molecule has 0 N–H and O–H groups in total. The standard InChI is InChI=1S/C20H15F3N4O/c1-11-3-8-15(22)14(17(11)23)9-16-25-19-18(24-10-26(19)2)20(28)27(16)13-6-4-12(21)5-7-13/h3-8,10H,9H2,1-2H3. The highest BCUT2D eigenvalue weighted by atomic mass is 19.1. The largest absolute Gasteiger partial charge is 0.318 e. The van der Waals surface area contributed by atoms with Crippen LogP contribution in [-0.4, -0.2) is 19.1 Å². The van der Waals surface area contributed by atoms with Gasteiger partial charge in [-0.15, -0.1) is 0 Å². The van der Waals surface area contributed by atoms with E-state index in [0.29, 0.717) is 11.3 Å². The lowest BCUT2D eigenvalue weighted by atomic mass is 10.1. The zero-order valence-corrected chi connectivity index (χ0v) is 15.1. The predicted octanol–water partition coefficient (Wildman–Crippen LogP) is 3.44. The van der Waals surface area contributed by atoms with E-state index >= 15 is 0 Å². The topological polar surface area (TPSA) is 52.7 Å². The van der Waals surface area contributed by atoms with Gasteiger partial charge in [0.15, 0.2) is 11.2 Å². The Kier molecular flexibility index (Phi) is 4.26. The SMILES string of the molecule is Cc1ccc(F)c(Cc2nc3c(ncn3C)c(=O)n2-c2ccc(F)cc2)c1F. The smallest absolute Gasteiger partial charge is 0.286 e. The molecule has 2 heterocycles. The fourth-order valence-electron chi connectivity index (χ4n) is 3.11. The number of aromatic nitrogens is 4. The molecule has 0 aliphatic rings. The lowest BCUT2D eigenvalue weighted by Gasteiger charge is -2.14. The van der Waals surface area contributed by atoms with Crippen molar-refractivity contribution in [3.63, 3.8) is 0 Å². The first-order valence-corrected chi connectivity index (χ1v) is 8.49. The molecule has 0 aliphatic heterocycles. The normalized spacial score (nSPS) is 11.3. The summed E-state index contributed by atoms with van der Waals surface area (Å²) in [7, 11) is 1.67. The second-order valence-electron chi connectivity index (χ2n) is 6.51. The second-order valence-corrected chi connectivity index (χ2v) is 6.51. The summed E-state index contributed by atoms with van der Waals surface area (Å²) in [6.45, 7) is 1.53. The number of halogens is 3. The van der Waals surface area contributed by atoms with Crippen LogP contribution < -0.4 is 5.56 Å². The van der Waals surface area contributed by atoms with Crippen molar-refractivity contribution in [1.29, 1.82) is 0 Å². The van der Waals surface area contributed by atoms with Crippen molar-refractivity contribution in [3.8, 4) is 5.69 Å². The molecule has 0 bridgehead atoms. The summed E-state index contributed by atoms with van der Waals surface area (Å²) in [4.78, 5) is 21.5. The first kappa shape index (κ1) is 18.0. The van der Waals surface area contributed by atoms with E-state index in [-0.39, 0.29) is 28.9 Å². The van der Waals surface area contributed by atoms with E-state index in [1.807, 2.05) is 0 Å². The molecule has 0 amide bonds. The van der Waals surface area contributed by atoms with Gasteiger partial charge in [-0.2, -0.15) is 0 Å². The van der Waals surface area contributed by atoms with Crippen molar-refractivity contribution in [2.24, 2.45) is 7.05 Å². The maximum atomic E-state index is 14.5. The van der Waals surface area contributed by atoms with Crippen molar-refractivity contribution in [2.45, 2.75) is 13.3 Å². The van der Waals surface area contributed by atoms with Gasteiger partial charge >= 0.3 is 0 Å². The van der Waals surface area contributed by atoms with Crippen molar-refractivity contribution < 1.29 is 13.2 Å². The van der Waals surface area contributed by atoms with Gasteiger partial charge in [-0.3, -0.25) is 9.36 Å². The van der Waals surface area contributed by atoms with Gasteiger partial charge in [0.2, 0.25) is 0 Å². The van der Waals surface area contributed by atoms with Crippen LogP contribution in [0.4, 0.5) is 13.2 Å². The number of fused-ring (bicyclic) bond motifs is 1. The van der Waals surface area contributed by atoms with Crippen LogP contribution in [0.2, 0.25) is 0 Å².